The molecule has 1 fully saturated rings. The van der Waals surface area contributed by atoms with Crippen LogP contribution in [0.4, 0.5) is 0 Å². The monoisotopic (exact) mass is 142 g/mol. The molecular formula is C6H10N2S. The summed E-state index contributed by atoms with van der Waals surface area (Å²) in [6.45, 7) is 6.64. The molecule has 0 aromatic carbocycles. The topological polar surface area (TPSA) is 24.4 Å². The minimum atomic E-state index is 0.857. The van der Waals surface area contributed by atoms with Crippen molar-refractivity contribution in [2.45, 2.75) is 6.92 Å². The summed E-state index contributed by atoms with van der Waals surface area (Å²) in [5.41, 5.74) is 0. The summed E-state index contributed by atoms with van der Waals surface area (Å²) >= 11 is 1.71. The molecule has 50 valence electrons. The van der Waals surface area contributed by atoms with Crippen LogP contribution >= 0.6 is 11.8 Å². The maximum atomic E-state index is 4.20. The van der Waals surface area contributed by atoms with Crippen molar-refractivity contribution in [1.29, 1.82) is 0 Å². The summed E-state index contributed by atoms with van der Waals surface area (Å²) in [5.74, 6) is 2.03. The molecule has 0 aliphatic carbocycles. The van der Waals surface area contributed by atoms with E-state index in [9.17, 15) is 0 Å². The van der Waals surface area contributed by atoms with Gasteiger partial charge in [0, 0.05) is 6.54 Å². The van der Waals surface area contributed by atoms with Gasteiger partial charge in [0.2, 0.25) is 0 Å². The molecule has 2 nitrogen and oxygen atoms in total. The average Bonchev–Trinajstić information content (AvgIpc) is 2.17. The van der Waals surface area contributed by atoms with Crippen molar-refractivity contribution in [3.05, 3.63) is 11.6 Å². The van der Waals surface area contributed by atoms with Crippen LogP contribution in [0.2, 0.25) is 0 Å². The van der Waals surface area contributed by atoms with Crippen molar-refractivity contribution in [1.82, 2.24) is 5.32 Å². The van der Waals surface area contributed by atoms with Gasteiger partial charge in [-0.25, -0.2) is 0 Å². The van der Waals surface area contributed by atoms with Gasteiger partial charge in [0.1, 0.15) is 5.84 Å². The molecule has 0 amide bonds. The fourth-order valence-corrected chi connectivity index (χ4v) is 1.33. The van der Waals surface area contributed by atoms with Crippen LogP contribution in [-0.4, -0.2) is 18.1 Å². The number of thioether (sulfide) groups is 1. The van der Waals surface area contributed by atoms with Crippen molar-refractivity contribution in [2.24, 2.45) is 4.99 Å². The molecule has 0 bridgehead atoms. The molecule has 0 saturated carbocycles. The first-order valence-electron chi connectivity index (χ1n) is 2.95. The van der Waals surface area contributed by atoms with Gasteiger partial charge in [-0.3, -0.25) is 4.99 Å². The maximum Gasteiger partial charge on any atom is 0.111 e. The molecule has 1 aliphatic heterocycles. The zero-order valence-corrected chi connectivity index (χ0v) is 6.29. The lowest BCUT2D eigenvalue weighted by molar-refractivity contribution is 1.09. The number of amidine groups is 1. The third kappa shape index (κ3) is 1.75. The molecule has 0 spiro atoms. The van der Waals surface area contributed by atoms with Crippen molar-refractivity contribution in [3.8, 4) is 0 Å². The standard InChI is InChI=1S/C6H10N2S/c1-3-7-6-4-9-5(2)8-6/h2-4H2,1H3,(H,7,8). The predicted molar refractivity (Wildman–Crippen MR) is 42.7 cm³/mol. The van der Waals surface area contributed by atoms with E-state index in [-0.39, 0.29) is 0 Å². The first-order chi connectivity index (χ1) is 4.33. The number of hydrogen-bond donors (Lipinski definition) is 1. The molecule has 9 heavy (non-hydrogen) atoms. The highest BCUT2D eigenvalue weighted by Crippen LogP contribution is 2.16. The quantitative estimate of drug-likeness (QED) is 0.595. The Labute approximate surface area is 59.4 Å². The van der Waals surface area contributed by atoms with Gasteiger partial charge in [0.15, 0.2) is 0 Å². The van der Waals surface area contributed by atoms with E-state index < -0.39 is 0 Å². The Kier molecular flexibility index (Phi) is 2.16. The zero-order chi connectivity index (χ0) is 6.69. The van der Waals surface area contributed by atoms with Crippen LogP contribution in [0.15, 0.2) is 16.6 Å². The van der Waals surface area contributed by atoms with E-state index in [4.69, 9.17) is 0 Å². The molecule has 0 aromatic rings. The Morgan fingerprint density at radius 3 is 3.11 bits per heavy atom. The molecule has 0 atom stereocenters. The Morgan fingerprint density at radius 2 is 2.67 bits per heavy atom. The number of nitrogens with zero attached hydrogens (tertiary/aromatic N) is 1. The van der Waals surface area contributed by atoms with Gasteiger partial charge in [-0.1, -0.05) is 6.58 Å². The smallest absolute Gasteiger partial charge is 0.111 e. The lowest BCUT2D eigenvalue weighted by Gasteiger charge is -1.92. The van der Waals surface area contributed by atoms with E-state index >= 15 is 0 Å². The second-order valence-electron chi connectivity index (χ2n) is 1.76. The second kappa shape index (κ2) is 2.92. The van der Waals surface area contributed by atoms with Crippen molar-refractivity contribution < 1.29 is 0 Å². The Morgan fingerprint density at radius 1 is 1.89 bits per heavy atom. The van der Waals surface area contributed by atoms with E-state index in [0.29, 0.717) is 0 Å². The van der Waals surface area contributed by atoms with Crippen LogP contribution < -0.4 is 5.32 Å². The van der Waals surface area contributed by atoms with Gasteiger partial charge in [-0.05, 0) is 6.92 Å². The molecule has 1 saturated heterocycles. The molecular weight excluding hydrogens is 132 g/mol. The van der Waals surface area contributed by atoms with Gasteiger partial charge in [0.05, 0.1) is 10.8 Å². The van der Waals surface area contributed by atoms with E-state index in [2.05, 4.69) is 16.9 Å². The maximum absolute atomic E-state index is 4.20. The van der Waals surface area contributed by atoms with E-state index in [1.807, 2.05) is 6.92 Å². The summed E-state index contributed by atoms with van der Waals surface area (Å²) < 4.78 is 0. The van der Waals surface area contributed by atoms with Gasteiger partial charge in [0.25, 0.3) is 0 Å². The molecule has 1 N–H and O–H groups in total. The molecule has 1 rings (SSSR count). The minimum absolute atomic E-state index is 0.857. The van der Waals surface area contributed by atoms with Crippen LogP contribution in [0.1, 0.15) is 6.92 Å². The lowest BCUT2D eigenvalue weighted by atomic mass is 10.6. The SMILES string of the molecule is C=C1NC(=NCC)CS1. The summed E-state index contributed by atoms with van der Waals surface area (Å²) in [4.78, 5) is 4.20. The molecule has 3 heteroatoms. The third-order valence-corrected chi connectivity index (χ3v) is 1.88. The summed E-state index contributed by atoms with van der Waals surface area (Å²) in [6, 6.07) is 0. The largest absolute Gasteiger partial charge is 0.339 e. The van der Waals surface area contributed by atoms with Crippen LogP contribution in [0, 0.1) is 0 Å². The van der Waals surface area contributed by atoms with Crippen LogP contribution in [0.25, 0.3) is 0 Å². The van der Waals surface area contributed by atoms with Crippen LogP contribution in [-0.2, 0) is 0 Å². The number of aliphatic imine (C=N–C) groups is 1. The van der Waals surface area contributed by atoms with E-state index in [1.54, 1.807) is 11.8 Å². The van der Waals surface area contributed by atoms with Crippen LogP contribution in [0.5, 0.6) is 0 Å². The van der Waals surface area contributed by atoms with Crippen molar-refractivity contribution >= 4 is 17.6 Å². The summed E-state index contributed by atoms with van der Waals surface area (Å²) in [6.07, 6.45) is 0. The summed E-state index contributed by atoms with van der Waals surface area (Å²) in [5, 5.41) is 4.09. The van der Waals surface area contributed by atoms with Gasteiger partial charge < -0.3 is 5.32 Å². The summed E-state index contributed by atoms with van der Waals surface area (Å²) in [7, 11) is 0. The van der Waals surface area contributed by atoms with Gasteiger partial charge in [-0.15, -0.1) is 11.8 Å². The highest BCUT2D eigenvalue weighted by Gasteiger charge is 2.09. The normalized spacial score (nSPS) is 22.8. The third-order valence-electron chi connectivity index (χ3n) is 1.02. The Balaban J connectivity index is 2.47. The minimum Gasteiger partial charge on any atom is -0.339 e. The molecule has 0 aromatic heterocycles. The lowest BCUT2D eigenvalue weighted by Crippen LogP contribution is -2.14. The fourth-order valence-electron chi connectivity index (χ4n) is 0.665. The highest BCUT2D eigenvalue weighted by molar-refractivity contribution is 8.04. The second-order valence-corrected chi connectivity index (χ2v) is 2.83. The van der Waals surface area contributed by atoms with Gasteiger partial charge >= 0.3 is 0 Å². The van der Waals surface area contributed by atoms with Crippen molar-refractivity contribution in [3.63, 3.8) is 0 Å². The van der Waals surface area contributed by atoms with E-state index in [0.717, 1.165) is 23.2 Å². The van der Waals surface area contributed by atoms with Gasteiger partial charge in [-0.2, -0.15) is 0 Å². The van der Waals surface area contributed by atoms with E-state index in [1.165, 1.54) is 0 Å². The molecule has 0 radical (unpaired) electrons. The Bertz CT molecular complexity index is 151. The predicted octanol–water partition coefficient (Wildman–Crippen LogP) is 1.21. The van der Waals surface area contributed by atoms with Crippen molar-refractivity contribution in [2.75, 3.05) is 12.3 Å². The number of hydrogen-bond acceptors (Lipinski definition) is 2. The van der Waals surface area contributed by atoms with Crippen LogP contribution in [0.3, 0.4) is 0 Å². The Hall–Kier alpha value is -0.440. The molecule has 0 unspecified atom stereocenters. The zero-order valence-electron chi connectivity index (χ0n) is 5.48. The fraction of sp³-hybridized carbons (Fsp3) is 0.500. The molecule has 1 aliphatic rings. The first kappa shape index (κ1) is 6.68. The first-order valence-corrected chi connectivity index (χ1v) is 3.93. The number of rotatable bonds is 1. The molecule has 1 heterocycles. The average molecular weight is 142 g/mol. The number of nitrogens with one attached hydrogen (secondary N) is 1. The highest BCUT2D eigenvalue weighted by atomic mass is 32.2.